The van der Waals surface area contributed by atoms with E-state index < -0.39 is 29.1 Å². The minimum absolute atomic E-state index is 0.0191. The highest BCUT2D eigenvalue weighted by atomic mass is 19.4. The lowest BCUT2D eigenvalue weighted by atomic mass is 10.1. The molecule has 0 saturated carbocycles. The Kier molecular flexibility index (Phi) is 5.42. The highest BCUT2D eigenvalue weighted by molar-refractivity contribution is 5.90. The third-order valence-electron chi connectivity index (χ3n) is 4.94. The van der Waals surface area contributed by atoms with Crippen LogP contribution in [0.25, 0.3) is 27.2 Å². The summed E-state index contributed by atoms with van der Waals surface area (Å²) in [7, 11) is 0. The Morgan fingerprint density at radius 1 is 1.09 bits per heavy atom. The van der Waals surface area contributed by atoms with Gasteiger partial charge in [-0.15, -0.1) is 0 Å². The summed E-state index contributed by atoms with van der Waals surface area (Å²) in [6.07, 6.45) is -3.54. The molecule has 10 heteroatoms. The number of hydrogen-bond acceptors (Lipinski definition) is 3. The Labute approximate surface area is 178 Å². The van der Waals surface area contributed by atoms with Gasteiger partial charge in [-0.1, -0.05) is 24.6 Å². The number of nitrogens with zero attached hydrogens (tertiary/aromatic N) is 4. The van der Waals surface area contributed by atoms with Gasteiger partial charge in [0, 0.05) is 28.2 Å². The van der Waals surface area contributed by atoms with Crippen LogP contribution < -0.4 is 0 Å². The highest BCUT2D eigenvalue weighted by Gasteiger charge is 2.36. The average molecular weight is 446 g/mol. The molecule has 5 nitrogen and oxygen atoms in total. The third kappa shape index (κ3) is 3.93. The zero-order valence-electron chi connectivity index (χ0n) is 16.7. The van der Waals surface area contributed by atoms with Crippen LogP contribution in [0.2, 0.25) is 0 Å². The molecule has 4 rings (SSSR count). The molecular weight excluding hydrogens is 431 g/mol. The molecule has 0 atom stereocenters. The monoisotopic (exact) mass is 446 g/mol. The first-order valence-electron chi connectivity index (χ1n) is 9.60. The van der Waals surface area contributed by atoms with Crippen molar-refractivity contribution in [2.75, 3.05) is 0 Å². The summed E-state index contributed by atoms with van der Waals surface area (Å²) in [5, 5.41) is 3.74. The molecule has 0 aliphatic heterocycles. The first-order valence-corrected chi connectivity index (χ1v) is 9.60. The van der Waals surface area contributed by atoms with Crippen LogP contribution in [-0.4, -0.2) is 14.7 Å². The minimum Gasteiger partial charge on any atom is -0.337 e. The Hall–Kier alpha value is -3.74. The number of aryl methyl sites for hydroxylation is 1. The molecule has 0 N–H and O–H groups in total. The fourth-order valence-electron chi connectivity index (χ4n) is 3.67. The number of benzene rings is 2. The fourth-order valence-corrected chi connectivity index (χ4v) is 3.67. The van der Waals surface area contributed by atoms with E-state index in [1.54, 1.807) is 4.57 Å². The fraction of sp³-hybridized carbons (Fsp3) is 0.227. The molecule has 0 amide bonds. The Morgan fingerprint density at radius 2 is 1.81 bits per heavy atom. The van der Waals surface area contributed by atoms with Gasteiger partial charge in [0.2, 0.25) is 0 Å². The first kappa shape index (κ1) is 21.5. The van der Waals surface area contributed by atoms with E-state index in [4.69, 9.17) is 11.1 Å². The minimum atomic E-state index is -4.70. The van der Waals surface area contributed by atoms with Gasteiger partial charge in [-0.25, -0.2) is 13.6 Å². The van der Waals surface area contributed by atoms with Crippen LogP contribution in [0.5, 0.6) is 0 Å². The van der Waals surface area contributed by atoms with E-state index in [-0.39, 0.29) is 34.7 Å². The summed E-state index contributed by atoms with van der Waals surface area (Å²) in [5.41, 5.74) is -0.520. The number of fused-ring (bicyclic) bond motifs is 1. The van der Waals surface area contributed by atoms with Crippen LogP contribution in [0.15, 0.2) is 40.9 Å². The summed E-state index contributed by atoms with van der Waals surface area (Å²) in [4.78, 5) is 7.17. The van der Waals surface area contributed by atoms with Gasteiger partial charge in [0.05, 0.1) is 18.7 Å². The van der Waals surface area contributed by atoms with Gasteiger partial charge in [0.1, 0.15) is 11.6 Å². The molecule has 0 bridgehead atoms. The standard InChI is InChI=1S/C22H15F5N4O/c1-3-4-15-10-16-18(6-5-17(28-2)20(16)22(25,26)27)31(15)11-19-29-21(32-30-19)12-7-13(23)9-14(24)8-12/h5-10H,3-4,11H2,1H3. The second kappa shape index (κ2) is 8.07. The second-order valence-electron chi connectivity index (χ2n) is 7.15. The maximum absolute atomic E-state index is 13.7. The molecule has 2 aromatic heterocycles. The molecule has 32 heavy (non-hydrogen) atoms. The van der Waals surface area contributed by atoms with E-state index in [2.05, 4.69) is 15.0 Å². The van der Waals surface area contributed by atoms with Gasteiger partial charge in [0.25, 0.3) is 5.89 Å². The smallest absolute Gasteiger partial charge is 0.337 e. The van der Waals surface area contributed by atoms with Crippen LogP contribution in [0.4, 0.5) is 27.6 Å². The van der Waals surface area contributed by atoms with E-state index in [1.807, 2.05) is 6.92 Å². The molecule has 0 unspecified atom stereocenters. The van der Waals surface area contributed by atoms with Crippen molar-refractivity contribution < 1.29 is 26.5 Å². The maximum atomic E-state index is 13.7. The van der Waals surface area contributed by atoms with Gasteiger partial charge in [0.15, 0.2) is 11.5 Å². The van der Waals surface area contributed by atoms with E-state index in [0.717, 1.165) is 18.2 Å². The lowest BCUT2D eigenvalue weighted by Gasteiger charge is -2.12. The number of alkyl halides is 3. The van der Waals surface area contributed by atoms with Crippen molar-refractivity contribution in [1.82, 2.24) is 14.7 Å². The normalized spacial score (nSPS) is 11.8. The number of halogens is 5. The van der Waals surface area contributed by atoms with Crippen molar-refractivity contribution in [3.63, 3.8) is 0 Å². The van der Waals surface area contributed by atoms with Crippen molar-refractivity contribution >= 4 is 16.6 Å². The van der Waals surface area contributed by atoms with Crippen molar-refractivity contribution in [3.8, 4) is 11.5 Å². The highest BCUT2D eigenvalue weighted by Crippen LogP contribution is 2.42. The molecule has 164 valence electrons. The van der Waals surface area contributed by atoms with Gasteiger partial charge in [-0.3, -0.25) is 0 Å². The SMILES string of the molecule is [C-]#[N+]c1ccc2c(cc(CCC)n2Cc2noc(-c3cc(F)cc(F)c3)n2)c1C(F)(F)F. The zero-order chi connectivity index (χ0) is 23.0. The quantitative estimate of drug-likeness (QED) is 0.258. The van der Waals surface area contributed by atoms with Gasteiger partial charge in [-0.2, -0.15) is 18.2 Å². The van der Waals surface area contributed by atoms with Crippen LogP contribution in [-0.2, 0) is 19.1 Å². The molecule has 0 saturated heterocycles. The third-order valence-corrected chi connectivity index (χ3v) is 4.94. The molecule has 2 aromatic carbocycles. The van der Waals surface area contributed by atoms with Crippen LogP contribution in [0.1, 0.15) is 30.4 Å². The van der Waals surface area contributed by atoms with E-state index in [1.165, 1.54) is 12.1 Å². The summed E-state index contributed by atoms with van der Waals surface area (Å²) in [6.45, 7) is 8.98. The Morgan fingerprint density at radius 3 is 2.44 bits per heavy atom. The molecule has 0 fully saturated rings. The molecule has 0 spiro atoms. The van der Waals surface area contributed by atoms with Crippen molar-refractivity contribution in [2.24, 2.45) is 0 Å². The molecule has 2 heterocycles. The van der Waals surface area contributed by atoms with E-state index in [0.29, 0.717) is 24.6 Å². The lowest BCUT2D eigenvalue weighted by Crippen LogP contribution is -2.07. The van der Waals surface area contributed by atoms with Crippen molar-refractivity contribution in [3.05, 3.63) is 76.5 Å². The summed E-state index contributed by atoms with van der Waals surface area (Å²) < 4.78 is 74.9. The molecule has 4 aromatic rings. The predicted molar refractivity (Wildman–Crippen MR) is 106 cm³/mol. The number of rotatable bonds is 5. The average Bonchev–Trinajstić information content (AvgIpc) is 3.31. The summed E-state index contributed by atoms with van der Waals surface area (Å²) >= 11 is 0. The zero-order valence-corrected chi connectivity index (χ0v) is 16.7. The molecular formula is C22H15F5N4O. The van der Waals surface area contributed by atoms with Crippen LogP contribution in [0, 0.1) is 18.2 Å². The topological polar surface area (TPSA) is 48.2 Å². The van der Waals surface area contributed by atoms with E-state index in [9.17, 15) is 22.0 Å². The Bertz CT molecular complexity index is 1330. The van der Waals surface area contributed by atoms with Gasteiger partial charge in [-0.05, 0) is 30.7 Å². The Balaban J connectivity index is 1.80. The lowest BCUT2D eigenvalue weighted by molar-refractivity contribution is -0.135. The van der Waals surface area contributed by atoms with Gasteiger partial charge >= 0.3 is 6.18 Å². The predicted octanol–water partition coefficient (Wildman–Crippen LogP) is 6.54. The van der Waals surface area contributed by atoms with Crippen LogP contribution >= 0.6 is 0 Å². The summed E-state index contributed by atoms with van der Waals surface area (Å²) in [5.74, 6) is -1.60. The number of hydrogen-bond donors (Lipinski definition) is 0. The maximum Gasteiger partial charge on any atom is 0.408 e. The second-order valence-corrected chi connectivity index (χ2v) is 7.15. The summed E-state index contributed by atoms with van der Waals surface area (Å²) in [6, 6.07) is 6.81. The largest absolute Gasteiger partial charge is 0.408 e. The molecule has 0 aliphatic rings. The van der Waals surface area contributed by atoms with Crippen LogP contribution in [0.3, 0.4) is 0 Å². The van der Waals surface area contributed by atoms with E-state index >= 15 is 0 Å². The number of aromatic nitrogens is 3. The molecule has 0 radical (unpaired) electrons. The van der Waals surface area contributed by atoms with Crippen molar-refractivity contribution in [2.45, 2.75) is 32.5 Å². The van der Waals surface area contributed by atoms with Gasteiger partial charge < -0.3 is 9.09 Å². The van der Waals surface area contributed by atoms with Crippen molar-refractivity contribution in [1.29, 1.82) is 0 Å². The first-order chi connectivity index (χ1) is 15.2. The molecule has 0 aliphatic carbocycles.